The second-order valence-corrected chi connectivity index (χ2v) is 4.50. The summed E-state index contributed by atoms with van der Waals surface area (Å²) in [4.78, 5) is 0. The molecule has 0 aliphatic carbocycles. The largest absolute Gasteiger partial charge is 0.391 e. The molecule has 0 fully saturated rings. The number of aliphatic hydroxyl groups is 1. The molecule has 1 atom stereocenters. The number of thioether (sulfide) groups is 1. The summed E-state index contributed by atoms with van der Waals surface area (Å²) in [6, 6.07) is 7.72. The SMILES string of the molecule is NC[C@H](O)CSCc1ccc(Cl)cc1. The zero-order valence-electron chi connectivity index (χ0n) is 7.82. The summed E-state index contributed by atoms with van der Waals surface area (Å²) in [6.07, 6.45) is -0.396. The van der Waals surface area contributed by atoms with E-state index in [2.05, 4.69) is 0 Å². The van der Waals surface area contributed by atoms with Crippen molar-refractivity contribution in [2.75, 3.05) is 12.3 Å². The van der Waals surface area contributed by atoms with E-state index in [4.69, 9.17) is 17.3 Å². The summed E-state index contributed by atoms with van der Waals surface area (Å²) < 4.78 is 0. The Bertz CT molecular complexity index is 265. The van der Waals surface area contributed by atoms with E-state index in [1.807, 2.05) is 24.3 Å². The first-order valence-electron chi connectivity index (χ1n) is 4.42. The standard InChI is InChI=1S/C10H14ClNOS/c11-9-3-1-8(2-4-9)6-14-7-10(13)5-12/h1-4,10,13H,5-7,12H2/t10-/m0/s1. The van der Waals surface area contributed by atoms with E-state index in [0.29, 0.717) is 12.3 Å². The van der Waals surface area contributed by atoms with E-state index in [-0.39, 0.29) is 0 Å². The van der Waals surface area contributed by atoms with Crippen molar-refractivity contribution in [3.63, 3.8) is 0 Å². The summed E-state index contributed by atoms with van der Waals surface area (Å²) in [6.45, 7) is 0.327. The molecular formula is C10H14ClNOS. The van der Waals surface area contributed by atoms with Gasteiger partial charge in [0.1, 0.15) is 0 Å². The number of hydrogen-bond acceptors (Lipinski definition) is 3. The number of nitrogens with two attached hydrogens (primary N) is 1. The molecule has 0 aliphatic rings. The molecule has 4 heteroatoms. The Balaban J connectivity index is 2.28. The molecule has 3 N–H and O–H groups in total. The van der Waals surface area contributed by atoms with Crippen LogP contribution in [0, 0.1) is 0 Å². The number of rotatable bonds is 5. The molecule has 0 amide bonds. The minimum absolute atomic E-state index is 0.327. The zero-order valence-corrected chi connectivity index (χ0v) is 9.39. The van der Waals surface area contributed by atoms with Crippen molar-refractivity contribution in [2.24, 2.45) is 5.73 Å². The van der Waals surface area contributed by atoms with Gasteiger partial charge >= 0.3 is 0 Å². The maximum absolute atomic E-state index is 9.21. The van der Waals surface area contributed by atoms with Crippen LogP contribution in [0.1, 0.15) is 5.56 Å². The summed E-state index contributed by atoms with van der Waals surface area (Å²) in [5.41, 5.74) is 6.50. The highest BCUT2D eigenvalue weighted by Gasteiger charge is 2.00. The molecule has 1 aromatic rings. The van der Waals surface area contributed by atoms with Crippen molar-refractivity contribution in [2.45, 2.75) is 11.9 Å². The third-order valence-corrected chi connectivity index (χ3v) is 3.17. The Hall–Kier alpha value is -0.220. The number of hydrogen-bond donors (Lipinski definition) is 2. The van der Waals surface area contributed by atoms with Crippen molar-refractivity contribution in [3.8, 4) is 0 Å². The van der Waals surface area contributed by atoms with Gasteiger partial charge in [0.25, 0.3) is 0 Å². The Labute approximate surface area is 93.5 Å². The molecule has 0 heterocycles. The van der Waals surface area contributed by atoms with E-state index in [9.17, 15) is 5.11 Å². The van der Waals surface area contributed by atoms with Crippen LogP contribution in [-0.2, 0) is 5.75 Å². The first kappa shape index (κ1) is 11.9. The number of halogens is 1. The molecule has 0 saturated carbocycles. The van der Waals surface area contributed by atoms with Gasteiger partial charge in [-0.25, -0.2) is 0 Å². The summed E-state index contributed by atoms with van der Waals surface area (Å²) in [7, 11) is 0. The van der Waals surface area contributed by atoms with Crippen molar-refractivity contribution < 1.29 is 5.11 Å². The lowest BCUT2D eigenvalue weighted by atomic mass is 10.2. The number of benzene rings is 1. The average molecular weight is 232 g/mol. The molecule has 2 nitrogen and oxygen atoms in total. The highest BCUT2D eigenvalue weighted by molar-refractivity contribution is 7.98. The van der Waals surface area contributed by atoms with Gasteiger partial charge in [0.15, 0.2) is 0 Å². The molecule has 78 valence electrons. The van der Waals surface area contributed by atoms with Gasteiger partial charge in [-0.05, 0) is 17.7 Å². The van der Waals surface area contributed by atoms with Crippen molar-refractivity contribution in [1.29, 1.82) is 0 Å². The predicted molar refractivity (Wildman–Crippen MR) is 62.7 cm³/mol. The van der Waals surface area contributed by atoms with Crippen molar-refractivity contribution in [1.82, 2.24) is 0 Å². The lowest BCUT2D eigenvalue weighted by Crippen LogP contribution is -2.21. The van der Waals surface area contributed by atoms with E-state index < -0.39 is 6.10 Å². The maximum atomic E-state index is 9.21. The van der Waals surface area contributed by atoms with Gasteiger partial charge in [-0.1, -0.05) is 23.7 Å². The number of aliphatic hydroxyl groups excluding tert-OH is 1. The molecule has 0 unspecified atom stereocenters. The van der Waals surface area contributed by atoms with Crippen LogP contribution in [-0.4, -0.2) is 23.5 Å². The Morgan fingerprint density at radius 1 is 1.36 bits per heavy atom. The van der Waals surface area contributed by atoms with Crippen LogP contribution in [0.5, 0.6) is 0 Å². The van der Waals surface area contributed by atoms with E-state index in [0.717, 1.165) is 10.8 Å². The van der Waals surface area contributed by atoms with Gasteiger partial charge in [-0.2, -0.15) is 11.8 Å². The topological polar surface area (TPSA) is 46.2 Å². The second kappa shape index (κ2) is 6.30. The van der Waals surface area contributed by atoms with Crippen molar-refractivity contribution in [3.05, 3.63) is 34.9 Å². The third kappa shape index (κ3) is 4.33. The Morgan fingerprint density at radius 3 is 2.57 bits per heavy atom. The second-order valence-electron chi connectivity index (χ2n) is 3.03. The molecule has 0 radical (unpaired) electrons. The average Bonchev–Trinajstić information content (AvgIpc) is 2.21. The Morgan fingerprint density at radius 2 is 2.00 bits per heavy atom. The summed E-state index contributed by atoms with van der Waals surface area (Å²) >= 11 is 7.43. The van der Waals surface area contributed by atoms with Gasteiger partial charge in [0.2, 0.25) is 0 Å². The first-order chi connectivity index (χ1) is 6.72. The fourth-order valence-corrected chi connectivity index (χ4v) is 2.04. The first-order valence-corrected chi connectivity index (χ1v) is 5.96. The van der Waals surface area contributed by atoms with Crippen LogP contribution in [0.15, 0.2) is 24.3 Å². The highest BCUT2D eigenvalue weighted by Crippen LogP contribution is 2.15. The van der Waals surface area contributed by atoms with Crippen molar-refractivity contribution >= 4 is 23.4 Å². The fraction of sp³-hybridized carbons (Fsp3) is 0.400. The third-order valence-electron chi connectivity index (χ3n) is 1.76. The molecule has 0 bridgehead atoms. The maximum Gasteiger partial charge on any atom is 0.0752 e. The lowest BCUT2D eigenvalue weighted by molar-refractivity contribution is 0.208. The molecular weight excluding hydrogens is 218 g/mol. The molecule has 0 spiro atoms. The summed E-state index contributed by atoms with van der Waals surface area (Å²) in [5, 5.41) is 9.96. The van der Waals surface area contributed by atoms with E-state index in [1.165, 1.54) is 5.56 Å². The van der Waals surface area contributed by atoms with Gasteiger partial charge in [-0.15, -0.1) is 0 Å². The highest BCUT2D eigenvalue weighted by atomic mass is 35.5. The molecule has 0 aromatic heterocycles. The molecule has 1 rings (SSSR count). The van der Waals surface area contributed by atoms with Gasteiger partial charge in [-0.3, -0.25) is 0 Å². The lowest BCUT2D eigenvalue weighted by Gasteiger charge is -2.06. The van der Waals surface area contributed by atoms with Crippen LogP contribution in [0.4, 0.5) is 0 Å². The minimum Gasteiger partial charge on any atom is -0.391 e. The van der Waals surface area contributed by atoms with Gasteiger partial charge < -0.3 is 10.8 Å². The van der Waals surface area contributed by atoms with Crippen LogP contribution >= 0.6 is 23.4 Å². The predicted octanol–water partition coefficient (Wildman–Crippen LogP) is 1.89. The fourth-order valence-electron chi connectivity index (χ4n) is 0.961. The van der Waals surface area contributed by atoms with E-state index in [1.54, 1.807) is 11.8 Å². The molecule has 14 heavy (non-hydrogen) atoms. The minimum atomic E-state index is -0.396. The summed E-state index contributed by atoms with van der Waals surface area (Å²) in [5.74, 6) is 1.56. The van der Waals surface area contributed by atoms with Gasteiger partial charge in [0, 0.05) is 23.1 Å². The smallest absolute Gasteiger partial charge is 0.0752 e. The van der Waals surface area contributed by atoms with Crippen LogP contribution < -0.4 is 5.73 Å². The van der Waals surface area contributed by atoms with Crippen LogP contribution in [0.25, 0.3) is 0 Å². The molecule has 1 aromatic carbocycles. The zero-order chi connectivity index (χ0) is 10.4. The Kier molecular flexibility index (Phi) is 5.33. The normalized spacial score (nSPS) is 12.8. The van der Waals surface area contributed by atoms with Crippen LogP contribution in [0.2, 0.25) is 5.02 Å². The van der Waals surface area contributed by atoms with Crippen LogP contribution in [0.3, 0.4) is 0 Å². The molecule has 0 aliphatic heterocycles. The van der Waals surface area contributed by atoms with Gasteiger partial charge in [0.05, 0.1) is 6.10 Å². The molecule has 0 saturated heterocycles. The monoisotopic (exact) mass is 231 g/mol. The quantitative estimate of drug-likeness (QED) is 0.814. The van der Waals surface area contributed by atoms with E-state index >= 15 is 0 Å².